The Morgan fingerprint density at radius 3 is 2.32 bits per heavy atom. The number of carbonyl (C=O) groups is 1. The van der Waals surface area contributed by atoms with Gasteiger partial charge in [0.2, 0.25) is 0 Å². The highest BCUT2D eigenvalue weighted by Gasteiger charge is 2.26. The molecule has 166 valence electrons. The van der Waals surface area contributed by atoms with Crippen LogP contribution in [0.2, 0.25) is 0 Å². The number of aromatic nitrogens is 2. The summed E-state index contributed by atoms with van der Waals surface area (Å²) in [6.45, 7) is 9.20. The number of nitrogens with one attached hydrogen (secondary N) is 1. The summed E-state index contributed by atoms with van der Waals surface area (Å²) < 4.78 is 0. The van der Waals surface area contributed by atoms with Crippen molar-refractivity contribution < 1.29 is 4.79 Å². The molecular formula is C25H35N5O. The first kappa shape index (κ1) is 21.6. The summed E-state index contributed by atoms with van der Waals surface area (Å²) in [5, 5.41) is 3.25. The van der Waals surface area contributed by atoms with Crippen molar-refractivity contribution >= 4 is 11.8 Å². The molecule has 1 saturated carbocycles. The molecule has 1 aromatic carbocycles. The standard InChI is InChI=1S/C25H35N5O/c1-18-9-11-21(12-10-18)17-23-19(2)26-20(3)27-24(23)29-13-15-30(16-14-29)25(31)28-22-7-5-4-6-8-22/h9-12,22H,4-8,13-17H2,1-3H3,(H,28,31). The first-order valence-electron chi connectivity index (χ1n) is 11.7. The summed E-state index contributed by atoms with van der Waals surface area (Å²) in [4.78, 5) is 26.5. The second-order valence-corrected chi connectivity index (χ2v) is 9.08. The number of urea groups is 1. The van der Waals surface area contributed by atoms with Gasteiger partial charge < -0.3 is 15.1 Å². The van der Waals surface area contributed by atoms with Gasteiger partial charge in [-0.15, -0.1) is 0 Å². The van der Waals surface area contributed by atoms with Crippen LogP contribution in [0.25, 0.3) is 0 Å². The molecule has 0 radical (unpaired) electrons. The number of aryl methyl sites for hydroxylation is 3. The molecule has 1 N–H and O–H groups in total. The summed E-state index contributed by atoms with van der Waals surface area (Å²) in [7, 11) is 0. The monoisotopic (exact) mass is 421 g/mol. The molecule has 2 amide bonds. The molecule has 2 aromatic rings. The highest BCUT2D eigenvalue weighted by molar-refractivity contribution is 5.75. The van der Waals surface area contributed by atoms with Gasteiger partial charge in [0.15, 0.2) is 0 Å². The number of carbonyl (C=O) groups excluding carboxylic acids is 1. The fraction of sp³-hybridized carbons (Fsp3) is 0.560. The van der Waals surface area contributed by atoms with Crippen molar-refractivity contribution in [1.82, 2.24) is 20.2 Å². The number of hydrogen-bond acceptors (Lipinski definition) is 4. The minimum Gasteiger partial charge on any atom is -0.353 e. The van der Waals surface area contributed by atoms with E-state index in [0.717, 1.165) is 62.8 Å². The Kier molecular flexibility index (Phi) is 6.73. The Morgan fingerprint density at radius 2 is 1.65 bits per heavy atom. The summed E-state index contributed by atoms with van der Waals surface area (Å²) in [6, 6.07) is 9.14. The molecule has 2 heterocycles. The molecule has 0 spiro atoms. The summed E-state index contributed by atoms with van der Waals surface area (Å²) in [5.74, 6) is 1.83. The van der Waals surface area contributed by atoms with Gasteiger partial charge in [0.1, 0.15) is 11.6 Å². The molecule has 1 saturated heterocycles. The van der Waals surface area contributed by atoms with Gasteiger partial charge in [0.05, 0.1) is 0 Å². The SMILES string of the molecule is Cc1ccc(Cc2c(C)nc(C)nc2N2CCN(C(=O)NC3CCCCC3)CC2)cc1. The van der Waals surface area contributed by atoms with Crippen LogP contribution in [-0.4, -0.2) is 53.1 Å². The van der Waals surface area contributed by atoms with Crippen LogP contribution in [0.4, 0.5) is 10.6 Å². The maximum Gasteiger partial charge on any atom is 0.317 e. The Bertz CT molecular complexity index is 897. The summed E-state index contributed by atoms with van der Waals surface area (Å²) in [5.41, 5.74) is 4.77. The molecule has 1 aliphatic carbocycles. The van der Waals surface area contributed by atoms with E-state index in [9.17, 15) is 4.79 Å². The maximum absolute atomic E-state index is 12.7. The van der Waals surface area contributed by atoms with E-state index in [0.29, 0.717) is 6.04 Å². The molecule has 1 aromatic heterocycles. The Morgan fingerprint density at radius 1 is 0.968 bits per heavy atom. The van der Waals surface area contributed by atoms with Crippen molar-refractivity contribution in [3.63, 3.8) is 0 Å². The first-order valence-corrected chi connectivity index (χ1v) is 11.7. The molecule has 0 bridgehead atoms. The Balaban J connectivity index is 1.43. The Labute approximate surface area is 186 Å². The fourth-order valence-corrected chi connectivity index (χ4v) is 4.73. The van der Waals surface area contributed by atoms with E-state index in [1.165, 1.54) is 36.0 Å². The minimum absolute atomic E-state index is 0.0986. The lowest BCUT2D eigenvalue weighted by Gasteiger charge is -2.37. The fourth-order valence-electron chi connectivity index (χ4n) is 4.73. The maximum atomic E-state index is 12.7. The molecular weight excluding hydrogens is 386 g/mol. The van der Waals surface area contributed by atoms with E-state index in [4.69, 9.17) is 4.98 Å². The third-order valence-electron chi connectivity index (χ3n) is 6.60. The van der Waals surface area contributed by atoms with Crippen LogP contribution < -0.4 is 10.2 Å². The quantitative estimate of drug-likeness (QED) is 0.805. The van der Waals surface area contributed by atoms with Crippen LogP contribution in [0.3, 0.4) is 0 Å². The number of hydrogen-bond donors (Lipinski definition) is 1. The van der Waals surface area contributed by atoms with Gasteiger partial charge in [-0.2, -0.15) is 0 Å². The average Bonchev–Trinajstić information content (AvgIpc) is 2.77. The minimum atomic E-state index is 0.0986. The summed E-state index contributed by atoms with van der Waals surface area (Å²) >= 11 is 0. The van der Waals surface area contributed by atoms with Crippen molar-refractivity contribution in [3.05, 3.63) is 52.5 Å². The zero-order valence-corrected chi connectivity index (χ0v) is 19.2. The second kappa shape index (κ2) is 9.67. The molecule has 1 aliphatic heterocycles. The zero-order chi connectivity index (χ0) is 21.8. The van der Waals surface area contributed by atoms with Crippen molar-refractivity contribution in [3.8, 4) is 0 Å². The number of amides is 2. The van der Waals surface area contributed by atoms with Crippen LogP contribution in [0.15, 0.2) is 24.3 Å². The number of piperazine rings is 1. The predicted molar refractivity (Wildman–Crippen MR) is 125 cm³/mol. The molecule has 2 aliphatic rings. The second-order valence-electron chi connectivity index (χ2n) is 9.08. The molecule has 2 fully saturated rings. The lowest BCUT2D eigenvalue weighted by Crippen LogP contribution is -2.54. The van der Waals surface area contributed by atoms with E-state index >= 15 is 0 Å². The normalized spacial score (nSPS) is 17.6. The van der Waals surface area contributed by atoms with Gasteiger partial charge in [-0.3, -0.25) is 0 Å². The third-order valence-corrected chi connectivity index (χ3v) is 6.60. The molecule has 0 atom stereocenters. The Hall–Kier alpha value is -2.63. The summed E-state index contributed by atoms with van der Waals surface area (Å²) in [6.07, 6.45) is 6.82. The van der Waals surface area contributed by atoms with Crippen LogP contribution in [0, 0.1) is 20.8 Å². The molecule has 31 heavy (non-hydrogen) atoms. The number of nitrogens with zero attached hydrogens (tertiary/aromatic N) is 4. The van der Waals surface area contributed by atoms with E-state index < -0.39 is 0 Å². The van der Waals surface area contributed by atoms with Crippen LogP contribution in [-0.2, 0) is 6.42 Å². The molecule has 0 unspecified atom stereocenters. The lowest BCUT2D eigenvalue weighted by molar-refractivity contribution is 0.186. The van der Waals surface area contributed by atoms with Crippen molar-refractivity contribution in [2.45, 2.75) is 65.3 Å². The van der Waals surface area contributed by atoms with E-state index in [1.54, 1.807) is 0 Å². The highest BCUT2D eigenvalue weighted by Crippen LogP contribution is 2.25. The largest absolute Gasteiger partial charge is 0.353 e. The van der Waals surface area contributed by atoms with Gasteiger partial charge >= 0.3 is 6.03 Å². The van der Waals surface area contributed by atoms with Crippen LogP contribution in [0.5, 0.6) is 0 Å². The van der Waals surface area contributed by atoms with E-state index in [1.807, 2.05) is 11.8 Å². The molecule has 6 nitrogen and oxygen atoms in total. The van der Waals surface area contributed by atoms with Crippen molar-refractivity contribution in [2.24, 2.45) is 0 Å². The van der Waals surface area contributed by atoms with Gasteiger partial charge in [0.25, 0.3) is 0 Å². The predicted octanol–water partition coefficient (Wildman–Crippen LogP) is 4.16. The molecule has 4 rings (SSSR count). The van der Waals surface area contributed by atoms with Crippen molar-refractivity contribution in [2.75, 3.05) is 31.1 Å². The zero-order valence-electron chi connectivity index (χ0n) is 19.2. The van der Waals surface area contributed by atoms with Gasteiger partial charge in [-0.1, -0.05) is 49.1 Å². The van der Waals surface area contributed by atoms with Gasteiger partial charge in [0, 0.05) is 49.9 Å². The van der Waals surface area contributed by atoms with Crippen LogP contribution in [0.1, 0.15) is 60.3 Å². The van der Waals surface area contributed by atoms with Gasteiger partial charge in [-0.05, 0) is 39.2 Å². The van der Waals surface area contributed by atoms with E-state index in [2.05, 4.69) is 53.3 Å². The number of rotatable bonds is 4. The van der Waals surface area contributed by atoms with Crippen LogP contribution >= 0.6 is 0 Å². The topological polar surface area (TPSA) is 61.4 Å². The lowest BCUT2D eigenvalue weighted by atomic mass is 9.96. The first-order chi connectivity index (χ1) is 15.0. The number of benzene rings is 1. The van der Waals surface area contributed by atoms with E-state index in [-0.39, 0.29) is 6.03 Å². The number of anilines is 1. The third kappa shape index (κ3) is 5.35. The van der Waals surface area contributed by atoms with Gasteiger partial charge in [-0.25, -0.2) is 14.8 Å². The average molecular weight is 422 g/mol. The highest BCUT2D eigenvalue weighted by atomic mass is 16.2. The molecule has 6 heteroatoms. The van der Waals surface area contributed by atoms with Crippen molar-refractivity contribution in [1.29, 1.82) is 0 Å². The smallest absolute Gasteiger partial charge is 0.317 e.